The van der Waals surface area contributed by atoms with Gasteiger partial charge in [0.25, 0.3) is 5.91 Å². The maximum atomic E-state index is 11.7. The number of unbranched alkanes of at least 4 members (excludes halogenated alkanes) is 1. The zero-order chi connectivity index (χ0) is 12.7. The topological polar surface area (TPSA) is 55.1 Å². The minimum absolute atomic E-state index is 0.142. The van der Waals surface area contributed by atoms with Crippen molar-refractivity contribution in [2.45, 2.75) is 46.5 Å². The third-order valence-electron chi connectivity index (χ3n) is 2.96. The summed E-state index contributed by atoms with van der Waals surface area (Å²) in [5.41, 5.74) is 0.368. The Bertz CT molecular complexity index is 347. The quantitative estimate of drug-likeness (QED) is 0.794. The molecule has 1 unspecified atom stereocenters. The van der Waals surface area contributed by atoms with E-state index in [9.17, 15) is 4.79 Å². The van der Waals surface area contributed by atoms with Gasteiger partial charge >= 0.3 is 0 Å². The first-order valence-electron chi connectivity index (χ1n) is 6.38. The molecule has 0 bridgehead atoms. The van der Waals surface area contributed by atoms with Gasteiger partial charge in [0.1, 0.15) is 5.76 Å². The van der Waals surface area contributed by atoms with Crippen LogP contribution in [0.15, 0.2) is 10.6 Å². The Balaban J connectivity index is 2.36. The summed E-state index contributed by atoms with van der Waals surface area (Å²) in [7, 11) is 0. The van der Waals surface area contributed by atoms with E-state index in [0.29, 0.717) is 17.4 Å². The summed E-state index contributed by atoms with van der Waals surface area (Å²) >= 11 is 0. The molecule has 0 saturated heterocycles. The maximum absolute atomic E-state index is 11.7. The lowest BCUT2D eigenvalue weighted by Crippen LogP contribution is -2.29. The van der Waals surface area contributed by atoms with E-state index in [0.717, 1.165) is 13.0 Å². The molecule has 0 aliphatic carbocycles. The van der Waals surface area contributed by atoms with Gasteiger partial charge in [0.15, 0.2) is 5.69 Å². The van der Waals surface area contributed by atoms with Gasteiger partial charge in [-0.2, -0.15) is 0 Å². The minimum Gasteiger partial charge on any atom is -0.361 e. The second-order valence-corrected chi connectivity index (χ2v) is 4.45. The largest absolute Gasteiger partial charge is 0.361 e. The number of aromatic nitrogens is 1. The predicted octanol–water partition coefficient (Wildman–Crippen LogP) is 2.93. The van der Waals surface area contributed by atoms with E-state index in [4.69, 9.17) is 4.52 Å². The number of rotatable bonds is 7. The summed E-state index contributed by atoms with van der Waals surface area (Å²) in [5.74, 6) is 1.08. The molecule has 17 heavy (non-hydrogen) atoms. The highest BCUT2D eigenvalue weighted by Crippen LogP contribution is 2.11. The smallest absolute Gasteiger partial charge is 0.273 e. The van der Waals surface area contributed by atoms with Gasteiger partial charge in [0.2, 0.25) is 0 Å². The van der Waals surface area contributed by atoms with Crippen molar-refractivity contribution < 1.29 is 9.32 Å². The molecule has 0 aromatic carbocycles. The summed E-state index contributed by atoms with van der Waals surface area (Å²) in [5, 5.41) is 6.61. The highest BCUT2D eigenvalue weighted by Gasteiger charge is 2.12. The van der Waals surface area contributed by atoms with E-state index in [2.05, 4.69) is 24.3 Å². The van der Waals surface area contributed by atoms with Gasteiger partial charge < -0.3 is 9.84 Å². The number of nitrogens with one attached hydrogen (secondary N) is 1. The highest BCUT2D eigenvalue weighted by atomic mass is 16.5. The molecule has 4 heteroatoms. The Morgan fingerprint density at radius 3 is 2.82 bits per heavy atom. The third-order valence-corrected chi connectivity index (χ3v) is 2.96. The van der Waals surface area contributed by atoms with E-state index >= 15 is 0 Å². The van der Waals surface area contributed by atoms with Crippen LogP contribution in [0.1, 0.15) is 55.8 Å². The summed E-state index contributed by atoms with van der Waals surface area (Å²) in [6, 6.07) is 1.66. The molecule has 0 fully saturated rings. The minimum atomic E-state index is -0.142. The van der Waals surface area contributed by atoms with E-state index in [1.807, 2.05) is 0 Å². The first-order valence-corrected chi connectivity index (χ1v) is 6.38. The molecule has 96 valence electrons. The van der Waals surface area contributed by atoms with E-state index in [1.54, 1.807) is 13.0 Å². The van der Waals surface area contributed by atoms with Crippen molar-refractivity contribution in [3.05, 3.63) is 17.5 Å². The molecule has 1 aromatic heterocycles. The Labute approximate surface area is 103 Å². The van der Waals surface area contributed by atoms with Gasteiger partial charge in [0, 0.05) is 12.6 Å². The van der Waals surface area contributed by atoms with E-state index < -0.39 is 0 Å². The SMILES string of the molecule is CCCCC(CC)CNC(=O)c1cc(C)on1. The fourth-order valence-corrected chi connectivity index (χ4v) is 1.74. The van der Waals surface area contributed by atoms with Crippen molar-refractivity contribution >= 4 is 5.91 Å². The second kappa shape index (κ2) is 7.09. The van der Waals surface area contributed by atoms with Crippen molar-refractivity contribution in [1.29, 1.82) is 0 Å². The van der Waals surface area contributed by atoms with Crippen LogP contribution < -0.4 is 5.32 Å². The lowest BCUT2D eigenvalue weighted by atomic mass is 9.99. The maximum Gasteiger partial charge on any atom is 0.273 e. The van der Waals surface area contributed by atoms with Crippen LogP contribution in [0.5, 0.6) is 0 Å². The van der Waals surface area contributed by atoms with Crippen LogP contribution in [0.3, 0.4) is 0 Å². The van der Waals surface area contributed by atoms with Crippen LogP contribution in [-0.4, -0.2) is 17.6 Å². The molecule has 1 rings (SSSR count). The Hall–Kier alpha value is -1.32. The predicted molar refractivity (Wildman–Crippen MR) is 66.9 cm³/mol. The molecule has 0 saturated carbocycles. The zero-order valence-corrected chi connectivity index (χ0v) is 11.0. The zero-order valence-electron chi connectivity index (χ0n) is 11.0. The van der Waals surface area contributed by atoms with Crippen LogP contribution in [0.4, 0.5) is 0 Å². The Morgan fingerprint density at radius 1 is 1.53 bits per heavy atom. The van der Waals surface area contributed by atoms with Crippen LogP contribution in [0.25, 0.3) is 0 Å². The lowest BCUT2D eigenvalue weighted by Gasteiger charge is -2.14. The highest BCUT2D eigenvalue weighted by molar-refractivity contribution is 5.92. The first-order chi connectivity index (χ1) is 8.17. The first kappa shape index (κ1) is 13.7. The van der Waals surface area contributed by atoms with Crippen molar-refractivity contribution in [2.24, 2.45) is 5.92 Å². The number of hydrogen-bond acceptors (Lipinski definition) is 3. The van der Waals surface area contributed by atoms with Crippen LogP contribution in [0.2, 0.25) is 0 Å². The van der Waals surface area contributed by atoms with Gasteiger partial charge in [-0.05, 0) is 19.3 Å². The average Bonchev–Trinajstić information content (AvgIpc) is 2.76. The van der Waals surface area contributed by atoms with Crippen molar-refractivity contribution in [1.82, 2.24) is 10.5 Å². The number of carbonyl (C=O) groups excluding carboxylic acids is 1. The normalized spacial score (nSPS) is 12.4. The molecule has 1 heterocycles. The molecule has 0 aliphatic heterocycles. The standard InChI is InChI=1S/C13H22N2O2/c1-4-6-7-11(5-2)9-14-13(16)12-8-10(3)17-15-12/h8,11H,4-7,9H2,1-3H3,(H,14,16). The summed E-state index contributed by atoms with van der Waals surface area (Å²) in [6.07, 6.45) is 4.69. The van der Waals surface area contributed by atoms with Crippen molar-refractivity contribution in [2.75, 3.05) is 6.54 Å². The summed E-state index contributed by atoms with van der Waals surface area (Å²) in [4.78, 5) is 11.7. The summed E-state index contributed by atoms with van der Waals surface area (Å²) in [6.45, 7) is 6.84. The fourth-order valence-electron chi connectivity index (χ4n) is 1.74. The number of aryl methyl sites for hydroxylation is 1. The van der Waals surface area contributed by atoms with Crippen LogP contribution in [-0.2, 0) is 0 Å². The molecule has 1 atom stereocenters. The van der Waals surface area contributed by atoms with Gasteiger partial charge in [-0.15, -0.1) is 0 Å². The van der Waals surface area contributed by atoms with Crippen molar-refractivity contribution in [3.8, 4) is 0 Å². The fraction of sp³-hybridized carbons (Fsp3) is 0.692. The number of hydrogen-bond donors (Lipinski definition) is 1. The molecule has 0 radical (unpaired) electrons. The molecule has 4 nitrogen and oxygen atoms in total. The molecular formula is C13H22N2O2. The molecule has 1 aromatic rings. The van der Waals surface area contributed by atoms with Gasteiger partial charge in [0.05, 0.1) is 0 Å². The number of carbonyl (C=O) groups is 1. The second-order valence-electron chi connectivity index (χ2n) is 4.45. The lowest BCUT2D eigenvalue weighted by molar-refractivity contribution is 0.0936. The molecule has 1 amide bonds. The van der Waals surface area contributed by atoms with Gasteiger partial charge in [-0.3, -0.25) is 4.79 Å². The molecule has 1 N–H and O–H groups in total. The Morgan fingerprint density at radius 2 is 2.29 bits per heavy atom. The third kappa shape index (κ3) is 4.59. The monoisotopic (exact) mass is 238 g/mol. The Kier molecular flexibility index (Phi) is 5.73. The number of amides is 1. The molecule has 0 spiro atoms. The average molecular weight is 238 g/mol. The van der Waals surface area contributed by atoms with Crippen LogP contribution in [0, 0.1) is 12.8 Å². The molecular weight excluding hydrogens is 216 g/mol. The number of nitrogens with zero attached hydrogens (tertiary/aromatic N) is 1. The summed E-state index contributed by atoms with van der Waals surface area (Å²) < 4.78 is 4.87. The van der Waals surface area contributed by atoms with Gasteiger partial charge in [-0.25, -0.2) is 0 Å². The van der Waals surface area contributed by atoms with E-state index in [-0.39, 0.29) is 5.91 Å². The van der Waals surface area contributed by atoms with E-state index in [1.165, 1.54) is 19.3 Å². The molecule has 0 aliphatic rings. The van der Waals surface area contributed by atoms with Crippen LogP contribution >= 0.6 is 0 Å². The van der Waals surface area contributed by atoms with Crippen molar-refractivity contribution in [3.63, 3.8) is 0 Å². The van der Waals surface area contributed by atoms with Gasteiger partial charge in [-0.1, -0.05) is 38.3 Å².